The fraction of sp³-hybridized carbons (Fsp3) is 0.385. The normalized spacial score (nSPS) is 19.9. The molecule has 1 fully saturated rings. The summed E-state index contributed by atoms with van der Waals surface area (Å²) in [4.78, 5) is 18.9. The number of thiophene rings is 1. The molecule has 0 amide bonds. The van der Waals surface area contributed by atoms with Crippen LogP contribution in [0.5, 0.6) is 0 Å². The quantitative estimate of drug-likeness (QED) is 0.942. The number of aromatic nitrogens is 1. The Bertz CT molecular complexity index is 565. The molecule has 1 atom stereocenters. The van der Waals surface area contributed by atoms with E-state index in [1.165, 1.54) is 4.88 Å². The molecule has 4 nitrogen and oxygen atoms in total. The first-order chi connectivity index (χ1) is 9.24. The molecule has 1 aliphatic rings. The summed E-state index contributed by atoms with van der Waals surface area (Å²) in [7, 11) is 0. The number of hydrogen-bond donors (Lipinski definition) is 1. The highest BCUT2D eigenvalue weighted by Gasteiger charge is 2.30. The maximum Gasteiger partial charge on any atom is 0.320 e. The van der Waals surface area contributed by atoms with E-state index in [1.54, 1.807) is 22.7 Å². The van der Waals surface area contributed by atoms with Crippen LogP contribution in [-0.2, 0) is 11.3 Å². The first-order valence-corrected chi connectivity index (χ1v) is 7.95. The highest BCUT2D eigenvalue weighted by molar-refractivity contribution is 7.20. The summed E-state index contributed by atoms with van der Waals surface area (Å²) in [5.41, 5.74) is 0.974. The second kappa shape index (κ2) is 5.40. The summed E-state index contributed by atoms with van der Waals surface area (Å²) in [5.74, 6) is -0.716. The molecule has 2 aromatic heterocycles. The number of carboxylic acids is 1. The first-order valence-electron chi connectivity index (χ1n) is 6.19. The molecule has 0 saturated carbocycles. The van der Waals surface area contributed by atoms with Crippen LogP contribution in [0.2, 0.25) is 0 Å². The Morgan fingerprint density at radius 3 is 3.16 bits per heavy atom. The Hall–Kier alpha value is -1.24. The van der Waals surface area contributed by atoms with Crippen molar-refractivity contribution in [2.24, 2.45) is 0 Å². The highest BCUT2D eigenvalue weighted by Crippen LogP contribution is 2.29. The highest BCUT2D eigenvalue weighted by atomic mass is 32.1. The molecule has 0 aromatic carbocycles. The Balaban J connectivity index is 1.72. The van der Waals surface area contributed by atoms with Crippen molar-refractivity contribution in [2.45, 2.75) is 25.4 Å². The van der Waals surface area contributed by atoms with Crippen molar-refractivity contribution >= 4 is 28.6 Å². The topological polar surface area (TPSA) is 53.4 Å². The van der Waals surface area contributed by atoms with Crippen molar-refractivity contribution in [2.75, 3.05) is 6.54 Å². The number of likely N-dealkylation sites (tertiary alicyclic amines) is 1. The average Bonchev–Trinajstić information content (AvgIpc) is 3.09. The molecular weight excluding hydrogens is 280 g/mol. The van der Waals surface area contributed by atoms with Crippen molar-refractivity contribution in [3.63, 3.8) is 0 Å². The van der Waals surface area contributed by atoms with Crippen LogP contribution >= 0.6 is 22.7 Å². The molecular formula is C13H14N2O2S2. The maximum atomic E-state index is 11.1. The van der Waals surface area contributed by atoms with Crippen LogP contribution in [0.25, 0.3) is 9.88 Å². The fourth-order valence-corrected chi connectivity index (χ4v) is 4.02. The Labute approximate surface area is 119 Å². The lowest BCUT2D eigenvalue weighted by atomic mass is 10.2. The third-order valence-corrected chi connectivity index (χ3v) is 5.23. The summed E-state index contributed by atoms with van der Waals surface area (Å²) in [5, 5.41) is 14.3. The monoisotopic (exact) mass is 294 g/mol. The van der Waals surface area contributed by atoms with E-state index in [1.807, 2.05) is 21.7 Å². The molecule has 0 radical (unpaired) electrons. The minimum absolute atomic E-state index is 0.341. The molecule has 0 aliphatic carbocycles. The minimum Gasteiger partial charge on any atom is -0.480 e. The number of aliphatic carboxylic acids is 1. The molecule has 0 unspecified atom stereocenters. The van der Waals surface area contributed by atoms with Gasteiger partial charge in [0.05, 0.1) is 10.6 Å². The molecule has 3 rings (SSSR count). The van der Waals surface area contributed by atoms with Crippen LogP contribution < -0.4 is 0 Å². The second-order valence-corrected chi connectivity index (χ2v) is 6.39. The molecule has 1 aliphatic heterocycles. The van der Waals surface area contributed by atoms with Gasteiger partial charge in [-0.1, -0.05) is 6.07 Å². The Morgan fingerprint density at radius 1 is 1.53 bits per heavy atom. The van der Waals surface area contributed by atoms with E-state index >= 15 is 0 Å². The number of nitrogens with zero attached hydrogens (tertiary/aromatic N) is 2. The van der Waals surface area contributed by atoms with E-state index in [-0.39, 0.29) is 6.04 Å². The van der Waals surface area contributed by atoms with E-state index in [4.69, 9.17) is 5.11 Å². The smallest absolute Gasteiger partial charge is 0.320 e. The zero-order valence-electron chi connectivity index (χ0n) is 10.3. The zero-order valence-corrected chi connectivity index (χ0v) is 11.9. The predicted octanol–water partition coefficient (Wildman–Crippen LogP) is 2.92. The van der Waals surface area contributed by atoms with E-state index in [9.17, 15) is 4.79 Å². The van der Waals surface area contributed by atoms with Crippen LogP contribution in [0.4, 0.5) is 0 Å². The molecule has 6 heteroatoms. The maximum absolute atomic E-state index is 11.1. The van der Waals surface area contributed by atoms with Gasteiger partial charge >= 0.3 is 5.97 Å². The van der Waals surface area contributed by atoms with Gasteiger partial charge in [0.25, 0.3) is 0 Å². The van der Waals surface area contributed by atoms with Gasteiger partial charge in [-0.25, -0.2) is 4.98 Å². The number of hydrogen-bond acceptors (Lipinski definition) is 5. The summed E-state index contributed by atoms with van der Waals surface area (Å²) >= 11 is 3.30. The summed E-state index contributed by atoms with van der Waals surface area (Å²) in [6.07, 6.45) is 1.70. The van der Waals surface area contributed by atoms with Gasteiger partial charge in [-0.05, 0) is 30.8 Å². The zero-order chi connectivity index (χ0) is 13.2. The molecule has 0 spiro atoms. The van der Waals surface area contributed by atoms with Crippen molar-refractivity contribution in [1.82, 2.24) is 9.88 Å². The molecule has 1 N–H and O–H groups in total. The van der Waals surface area contributed by atoms with Crippen molar-refractivity contribution < 1.29 is 9.90 Å². The fourth-order valence-electron chi connectivity index (χ4n) is 2.40. The molecule has 0 bridgehead atoms. The van der Waals surface area contributed by atoms with E-state index in [2.05, 4.69) is 11.1 Å². The molecule has 1 saturated heterocycles. The van der Waals surface area contributed by atoms with Gasteiger partial charge in [0.2, 0.25) is 0 Å². The van der Waals surface area contributed by atoms with Crippen LogP contribution in [-0.4, -0.2) is 33.5 Å². The molecule has 19 heavy (non-hydrogen) atoms. The number of rotatable bonds is 4. The van der Waals surface area contributed by atoms with Crippen molar-refractivity contribution in [3.05, 3.63) is 28.6 Å². The van der Waals surface area contributed by atoms with Gasteiger partial charge in [0, 0.05) is 11.9 Å². The SMILES string of the molecule is O=C(O)[C@@H]1CCCN1Cc1csc(-c2cccs2)n1. The largest absolute Gasteiger partial charge is 0.480 e. The summed E-state index contributed by atoms with van der Waals surface area (Å²) < 4.78 is 0. The standard InChI is InChI=1S/C13H14N2O2S2/c16-13(17)10-3-1-5-15(10)7-9-8-19-12(14-9)11-4-2-6-18-11/h2,4,6,8,10H,1,3,5,7H2,(H,16,17)/t10-/m0/s1. The number of carbonyl (C=O) groups is 1. The van der Waals surface area contributed by atoms with Crippen molar-refractivity contribution in [1.29, 1.82) is 0 Å². The van der Waals surface area contributed by atoms with E-state index in [0.717, 1.165) is 30.1 Å². The number of carboxylic acid groups (broad SMARTS) is 1. The predicted molar refractivity (Wildman–Crippen MR) is 76.5 cm³/mol. The second-order valence-electron chi connectivity index (χ2n) is 4.59. The van der Waals surface area contributed by atoms with Gasteiger partial charge in [-0.15, -0.1) is 22.7 Å². The molecule has 100 valence electrons. The lowest BCUT2D eigenvalue weighted by Gasteiger charge is -2.19. The van der Waals surface area contributed by atoms with Crippen LogP contribution in [0.3, 0.4) is 0 Å². The van der Waals surface area contributed by atoms with E-state index in [0.29, 0.717) is 6.54 Å². The van der Waals surface area contributed by atoms with Crippen molar-refractivity contribution in [3.8, 4) is 9.88 Å². The average molecular weight is 294 g/mol. The van der Waals surface area contributed by atoms with Gasteiger partial charge in [-0.3, -0.25) is 9.69 Å². The lowest BCUT2D eigenvalue weighted by molar-refractivity contribution is -0.142. The van der Waals surface area contributed by atoms with Gasteiger partial charge < -0.3 is 5.11 Å². The van der Waals surface area contributed by atoms with Gasteiger partial charge in [0.15, 0.2) is 0 Å². The third-order valence-electron chi connectivity index (χ3n) is 3.30. The van der Waals surface area contributed by atoms with Gasteiger partial charge in [-0.2, -0.15) is 0 Å². The van der Waals surface area contributed by atoms with E-state index < -0.39 is 5.97 Å². The molecule has 2 aromatic rings. The summed E-state index contributed by atoms with van der Waals surface area (Å²) in [6, 6.07) is 3.73. The van der Waals surface area contributed by atoms with Crippen LogP contribution in [0.15, 0.2) is 22.9 Å². The first kappa shape index (κ1) is 12.8. The minimum atomic E-state index is -0.716. The van der Waals surface area contributed by atoms with Crippen LogP contribution in [0, 0.1) is 0 Å². The Kier molecular flexibility index (Phi) is 3.63. The third kappa shape index (κ3) is 2.70. The Morgan fingerprint density at radius 2 is 2.42 bits per heavy atom. The van der Waals surface area contributed by atoms with Gasteiger partial charge in [0.1, 0.15) is 11.0 Å². The summed E-state index contributed by atoms with van der Waals surface area (Å²) in [6.45, 7) is 1.49. The van der Waals surface area contributed by atoms with Crippen LogP contribution in [0.1, 0.15) is 18.5 Å². The lowest BCUT2D eigenvalue weighted by Crippen LogP contribution is -2.35. The molecule has 3 heterocycles. The number of thiazole rings is 1.